The Kier molecular flexibility index (Phi) is 6.10. The number of anilines is 1. The lowest BCUT2D eigenvalue weighted by molar-refractivity contribution is -0.385. The minimum Gasteiger partial charge on any atom is -0.493 e. The smallest absolute Gasteiger partial charge is 0.277 e. The van der Waals surface area contributed by atoms with Gasteiger partial charge in [0.1, 0.15) is 0 Å². The highest BCUT2D eigenvalue weighted by atomic mass is 16.6. The molecule has 0 saturated heterocycles. The number of nitrogens with one attached hydrogen (secondary N) is 1. The molecule has 148 valence electrons. The van der Waals surface area contributed by atoms with E-state index in [1.54, 1.807) is 11.0 Å². The Labute approximate surface area is 163 Å². The zero-order valence-corrected chi connectivity index (χ0v) is 15.9. The number of carbonyl (C=O) groups is 1. The second-order valence-electron chi connectivity index (χ2n) is 6.47. The molecule has 0 spiro atoms. The number of fused-ring (bicyclic) bond motifs is 1. The molecular weight excluding hydrogens is 362 g/mol. The summed E-state index contributed by atoms with van der Waals surface area (Å²) in [4.78, 5) is 25.4. The molecule has 0 bridgehead atoms. The fraction of sp³-hybridized carbons (Fsp3) is 0.350. The monoisotopic (exact) mass is 385 g/mol. The summed E-state index contributed by atoms with van der Waals surface area (Å²) in [6, 6.07) is 10.8. The van der Waals surface area contributed by atoms with Gasteiger partial charge in [-0.05, 0) is 30.5 Å². The SMILES string of the molecule is COc1cc(CNCC(=O)N2CCCc3ccccc32)c([N+](=O)[O-])cc1OC. The maximum absolute atomic E-state index is 12.7. The molecule has 1 amide bonds. The third kappa shape index (κ3) is 4.07. The van der Waals surface area contributed by atoms with Gasteiger partial charge in [0.2, 0.25) is 5.91 Å². The number of methoxy groups -OCH3 is 2. The third-order valence-electron chi connectivity index (χ3n) is 4.78. The van der Waals surface area contributed by atoms with Crippen molar-refractivity contribution in [2.45, 2.75) is 19.4 Å². The number of hydrogen-bond acceptors (Lipinski definition) is 6. The molecule has 0 saturated carbocycles. The van der Waals surface area contributed by atoms with Gasteiger partial charge in [-0.15, -0.1) is 0 Å². The molecule has 1 heterocycles. The number of para-hydroxylation sites is 1. The van der Waals surface area contributed by atoms with E-state index in [-0.39, 0.29) is 24.7 Å². The zero-order chi connectivity index (χ0) is 20.1. The van der Waals surface area contributed by atoms with Crippen molar-refractivity contribution in [3.05, 3.63) is 57.6 Å². The maximum Gasteiger partial charge on any atom is 0.277 e. The Hall–Kier alpha value is -3.13. The van der Waals surface area contributed by atoms with Gasteiger partial charge in [0.15, 0.2) is 11.5 Å². The van der Waals surface area contributed by atoms with E-state index in [1.807, 2.05) is 24.3 Å². The van der Waals surface area contributed by atoms with Crippen molar-refractivity contribution in [1.82, 2.24) is 5.32 Å². The van der Waals surface area contributed by atoms with Crippen LogP contribution >= 0.6 is 0 Å². The minimum absolute atomic E-state index is 0.0599. The van der Waals surface area contributed by atoms with E-state index in [1.165, 1.54) is 20.3 Å². The van der Waals surface area contributed by atoms with Gasteiger partial charge in [-0.2, -0.15) is 0 Å². The predicted octanol–water partition coefficient (Wildman–Crippen LogP) is 2.68. The summed E-state index contributed by atoms with van der Waals surface area (Å²) in [5, 5.41) is 14.4. The number of nitro benzene ring substituents is 1. The van der Waals surface area contributed by atoms with Crippen LogP contribution in [0.5, 0.6) is 11.5 Å². The molecule has 8 nitrogen and oxygen atoms in total. The van der Waals surface area contributed by atoms with E-state index in [0.717, 1.165) is 24.1 Å². The van der Waals surface area contributed by atoms with Crippen molar-refractivity contribution in [3.8, 4) is 11.5 Å². The van der Waals surface area contributed by atoms with Crippen molar-refractivity contribution in [3.63, 3.8) is 0 Å². The molecule has 28 heavy (non-hydrogen) atoms. The van der Waals surface area contributed by atoms with Crippen molar-refractivity contribution >= 4 is 17.3 Å². The van der Waals surface area contributed by atoms with E-state index in [2.05, 4.69) is 5.32 Å². The van der Waals surface area contributed by atoms with Crippen LogP contribution in [-0.4, -0.2) is 38.1 Å². The lowest BCUT2D eigenvalue weighted by Crippen LogP contribution is -2.41. The van der Waals surface area contributed by atoms with E-state index < -0.39 is 4.92 Å². The normalized spacial score (nSPS) is 13.0. The van der Waals surface area contributed by atoms with Crippen LogP contribution in [0.1, 0.15) is 17.5 Å². The molecule has 1 aliphatic heterocycles. The topological polar surface area (TPSA) is 93.9 Å². The van der Waals surface area contributed by atoms with Crippen LogP contribution in [0.2, 0.25) is 0 Å². The van der Waals surface area contributed by atoms with Crippen LogP contribution in [0.4, 0.5) is 11.4 Å². The van der Waals surface area contributed by atoms with Gasteiger partial charge < -0.3 is 19.7 Å². The quantitative estimate of drug-likeness (QED) is 0.582. The van der Waals surface area contributed by atoms with Crippen LogP contribution in [0, 0.1) is 10.1 Å². The highest BCUT2D eigenvalue weighted by molar-refractivity contribution is 5.95. The summed E-state index contributed by atoms with van der Waals surface area (Å²) in [6.07, 6.45) is 1.88. The number of hydrogen-bond donors (Lipinski definition) is 1. The second-order valence-corrected chi connectivity index (χ2v) is 6.47. The first-order valence-corrected chi connectivity index (χ1v) is 9.03. The van der Waals surface area contributed by atoms with Gasteiger partial charge in [-0.25, -0.2) is 0 Å². The van der Waals surface area contributed by atoms with E-state index >= 15 is 0 Å². The minimum atomic E-state index is -0.471. The van der Waals surface area contributed by atoms with Crippen LogP contribution in [0.3, 0.4) is 0 Å². The average Bonchev–Trinajstić information content (AvgIpc) is 2.72. The molecule has 0 unspecified atom stereocenters. The van der Waals surface area contributed by atoms with Crippen LogP contribution in [-0.2, 0) is 17.8 Å². The van der Waals surface area contributed by atoms with E-state index in [4.69, 9.17) is 9.47 Å². The van der Waals surface area contributed by atoms with Crippen molar-refractivity contribution in [2.75, 3.05) is 32.2 Å². The maximum atomic E-state index is 12.7. The number of rotatable bonds is 7. The van der Waals surface area contributed by atoms with E-state index in [9.17, 15) is 14.9 Å². The van der Waals surface area contributed by atoms with Gasteiger partial charge in [-0.1, -0.05) is 18.2 Å². The van der Waals surface area contributed by atoms with Gasteiger partial charge in [0.25, 0.3) is 5.69 Å². The predicted molar refractivity (Wildman–Crippen MR) is 105 cm³/mol. The molecule has 0 aromatic heterocycles. The zero-order valence-electron chi connectivity index (χ0n) is 15.9. The highest BCUT2D eigenvalue weighted by Crippen LogP contribution is 2.34. The lowest BCUT2D eigenvalue weighted by atomic mass is 10.0. The molecule has 2 aromatic rings. The summed E-state index contributed by atoms with van der Waals surface area (Å²) in [5.74, 6) is 0.635. The van der Waals surface area contributed by atoms with Crippen molar-refractivity contribution < 1.29 is 19.2 Å². The van der Waals surface area contributed by atoms with Crippen LogP contribution < -0.4 is 19.7 Å². The average molecular weight is 385 g/mol. The summed E-state index contributed by atoms with van der Waals surface area (Å²) in [7, 11) is 2.90. The fourth-order valence-electron chi connectivity index (χ4n) is 3.41. The summed E-state index contributed by atoms with van der Waals surface area (Å²) < 4.78 is 10.3. The highest BCUT2D eigenvalue weighted by Gasteiger charge is 2.23. The molecule has 0 aliphatic carbocycles. The Morgan fingerprint density at radius 2 is 1.93 bits per heavy atom. The Bertz CT molecular complexity index is 884. The first-order valence-electron chi connectivity index (χ1n) is 9.03. The molecule has 0 radical (unpaired) electrons. The number of nitro groups is 1. The molecule has 8 heteroatoms. The number of amides is 1. The Morgan fingerprint density at radius 1 is 1.21 bits per heavy atom. The van der Waals surface area contributed by atoms with Gasteiger partial charge in [0.05, 0.1) is 31.8 Å². The Morgan fingerprint density at radius 3 is 2.64 bits per heavy atom. The summed E-state index contributed by atoms with van der Waals surface area (Å²) >= 11 is 0. The summed E-state index contributed by atoms with van der Waals surface area (Å²) in [6.45, 7) is 0.922. The van der Waals surface area contributed by atoms with Crippen molar-refractivity contribution in [2.24, 2.45) is 0 Å². The lowest BCUT2D eigenvalue weighted by Gasteiger charge is -2.29. The largest absolute Gasteiger partial charge is 0.493 e. The van der Waals surface area contributed by atoms with Gasteiger partial charge >= 0.3 is 0 Å². The molecular formula is C20H23N3O5. The van der Waals surface area contributed by atoms with Gasteiger partial charge in [-0.3, -0.25) is 14.9 Å². The third-order valence-corrected chi connectivity index (χ3v) is 4.78. The first-order chi connectivity index (χ1) is 13.5. The Balaban J connectivity index is 1.70. The van der Waals surface area contributed by atoms with Crippen molar-refractivity contribution in [1.29, 1.82) is 0 Å². The standard InChI is InChI=1S/C20H23N3O5/c1-27-18-10-15(17(23(25)26)11-19(18)28-2)12-21-13-20(24)22-9-5-7-14-6-3-4-8-16(14)22/h3-4,6,8,10-11,21H,5,7,9,12-13H2,1-2H3. The fourth-order valence-corrected chi connectivity index (χ4v) is 3.41. The molecule has 0 atom stereocenters. The van der Waals surface area contributed by atoms with Crippen LogP contribution in [0.15, 0.2) is 36.4 Å². The molecule has 1 aliphatic rings. The number of carbonyl (C=O) groups excluding carboxylic acids is 1. The number of ether oxygens (including phenoxy) is 2. The van der Waals surface area contributed by atoms with E-state index in [0.29, 0.717) is 23.6 Å². The molecule has 3 rings (SSSR count). The summed E-state index contributed by atoms with van der Waals surface area (Å²) in [5.41, 5.74) is 2.45. The number of nitrogens with zero attached hydrogens (tertiary/aromatic N) is 2. The van der Waals surface area contributed by atoms with Crippen LogP contribution in [0.25, 0.3) is 0 Å². The number of benzene rings is 2. The van der Waals surface area contributed by atoms with Gasteiger partial charge in [0, 0.05) is 24.3 Å². The molecule has 2 aromatic carbocycles. The molecule has 1 N–H and O–H groups in total. The first kappa shape index (κ1) is 19.6. The number of aryl methyl sites for hydroxylation is 1. The molecule has 0 fully saturated rings. The second kappa shape index (κ2) is 8.71.